The lowest BCUT2D eigenvalue weighted by atomic mass is 9.90. The van der Waals surface area contributed by atoms with Crippen molar-refractivity contribution in [2.45, 2.75) is 19.3 Å². The number of rotatable bonds is 1. The molecule has 2 N–H and O–H groups in total. The van der Waals surface area contributed by atoms with Gasteiger partial charge in [-0.05, 0) is 54.7 Å². The molecule has 0 atom stereocenters. The molecule has 1 aliphatic carbocycles. The van der Waals surface area contributed by atoms with Crippen LogP contribution in [0.25, 0.3) is 22.6 Å². The first kappa shape index (κ1) is 13.8. The molecule has 0 fully saturated rings. The summed E-state index contributed by atoms with van der Waals surface area (Å²) in [6, 6.07) is 15.4. The SMILES string of the molecule is Nc1ccc2oc3c(c(=O)c2c1)CCC/C3=C/c1ccccc1. The third-order valence-corrected chi connectivity index (χ3v) is 4.31. The van der Waals surface area contributed by atoms with E-state index in [0.717, 1.165) is 41.7 Å². The van der Waals surface area contributed by atoms with Gasteiger partial charge in [-0.1, -0.05) is 30.3 Å². The first-order chi connectivity index (χ1) is 11.2. The van der Waals surface area contributed by atoms with E-state index in [4.69, 9.17) is 10.2 Å². The summed E-state index contributed by atoms with van der Waals surface area (Å²) in [6.45, 7) is 0. The summed E-state index contributed by atoms with van der Waals surface area (Å²) in [5.74, 6) is 0.738. The molecular weight excluding hydrogens is 286 g/mol. The van der Waals surface area contributed by atoms with Crippen LogP contribution in [-0.2, 0) is 6.42 Å². The lowest BCUT2D eigenvalue weighted by Gasteiger charge is -2.18. The zero-order chi connectivity index (χ0) is 15.8. The van der Waals surface area contributed by atoms with E-state index in [1.54, 1.807) is 18.2 Å². The molecule has 3 aromatic rings. The van der Waals surface area contributed by atoms with Gasteiger partial charge >= 0.3 is 0 Å². The van der Waals surface area contributed by atoms with Gasteiger partial charge in [0, 0.05) is 11.3 Å². The standard InChI is InChI=1S/C20H17NO2/c21-15-9-10-18-17(12-15)19(22)16-8-4-7-14(20(16)23-18)11-13-5-2-1-3-6-13/h1-3,5-6,9-12H,4,7-8,21H2/b14-11-. The predicted octanol–water partition coefficient (Wildman–Crippen LogP) is 4.25. The summed E-state index contributed by atoms with van der Waals surface area (Å²) in [6.07, 6.45) is 4.76. The fourth-order valence-corrected chi connectivity index (χ4v) is 3.20. The molecule has 3 heteroatoms. The summed E-state index contributed by atoms with van der Waals surface area (Å²) in [4.78, 5) is 12.8. The third kappa shape index (κ3) is 2.44. The normalized spacial score (nSPS) is 15.7. The third-order valence-electron chi connectivity index (χ3n) is 4.31. The molecule has 0 amide bonds. The summed E-state index contributed by atoms with van der Waals surface area (Å²) in [7, 11) is 0. The molecule has 23 heavy (non-hydrogen) atoms. The maximum absolute atomic E-state index is 12.8. The van der Waals surface area contributed by atoms with E-state index in [1.165, 1.54) is 0 Å². The molecule has 1 heterocycles. The Morgan fingerprint density at radius 1 is 1.04 bits per heavy atom. The van der Waals surface area contributed by atoms with Gasteiger partial charge in [0.05, 0.1) is 5.39 Å². The van der Waals surface area contributed by atoms with Crippen molar-refractivity contribution < 1.29 is 4.42 Å². The second-order valence-corrected chi connectivity index (χ2v) is 5.93. The van der Waals surface area contributed by atoms with E-state index >= 15 is 0 Å². The largest absolute Gasteiger partial charge is 0.456 e. The van der Waals surface area contributed by atoms with Crippen LogP contribution in [0.1, 0.15) is 29.7 Å². The van der Waals surface area contributed by atoms with Crippen molar-refractivity contribution in [3.05, 3.63) is 75.6 Å². The Balaban J connectivity index is 1.95. The van der Waals surface area contributed by atoms with Gasteiger partial charge in [-0.15, -0.1) is 0 Å². The highest BCUT2D eigenvalue weighted by molar-refractivity contribution is 5.86. The smallest absolute Gasteiger partial charge is 0.196 e. The second kappa shape index (κ2) is 5.43. The summed E-state index contributed by atoms with van der Waals surface area (Å²) in [5.41, 5.74) is 10.0. The molecule has 0 saturated carbocycles. The Hall–Kier alpha value is -2.81. The number of hydrogen-bond donors (Lipinski definition) is 1. The number of hydrogen-bond acceptors (Lipinski definition) is 3. The van der Waals surface area contributed by atoms with Crippen molar-refractivity contribution in [2.75, 3.05) is 5.73 Å². The van der Waals surface area contributed by atoms with Crippen LogP contribution in [0.5, 0.6) is 0 Å². The Bertz CT molecular complexity index is 968. The van der Waals surface area contributed by atoms with Crippen molar-refractivity contribution in [1.29, 1.82) is 0 Å². The average Bonchev–Trinajstić information content (AvgIpc) is 2.57. The van der Waals surface area contributed by atoms with E-state index in [-0.39, 0.29) is 5.43 Å². The zero-order valence-corrected chi connectivity index (χ0v) is 12.7. The summed E-state index contributed by atoms with van der Waals surface area (Å²) >= 11 is 0. The lowest BCUT2D eigenvalue weighted by molar-refractivity contribution is 0.558. The number of nitrogens with two attached hydrogens (primary N) is 1. The first-order valence-corrected chi connectivity index (χ1v) is 7.83. The van der Waals surface area contributed by atoms with Crippen LogP contribution < -0.4 is 11.2 Å². The maximum Gasteiger partial charge on any atom is 0.196 e. The zero-order valence-electron chi connectivity index (χ0n) is 12.7. The van der Waals surface area contributed by atoms with Crippen molar-refractivity contribution in [1.82, 2.24) is 0 Å². The van der Waals surface area contributed by atoms with Crippen molar-refractivity contribution in [3.8, 4) is 0 Å². The Morgan fingerprint density at radius 3 is 2.70 bits per heavy atom. The van der Waals surface area contributed by atoms with Crippen molar-refractivity contribution >= 4 is 28.3 Å². The molecular formula is C20H17NO2. The van der Waals surface area contributed by atoms with E-state index in [9.17, 15) is 4.79 Å². The van der Waals surface area contributed by atoms with Crippen LogP contribution in [0.2, 0.25) is 0 Å². The molecule has 0 aliphatic heterocycles. The highest BCUT2D eigenvalue weighted by atomic mass is 16.3. The average molecular weight is 303 g/mol. The number of anilines is 1. The van der Waals surface area contributed by atoms with Gasteiger partial charge < -0.3 is 10.2 Å². The van der Waals surface area contributed by atoms with E-state index in [0.29, 0.717) is 16.7 Å². The molecule has 0 unspecified atom stereocenters. The minimum Gasteiger partial charge on any atom is -0.456 e. The van der Waals surface area contributed by atoms with Gasteiger partial charge in [-0.25, -0.2) is 0 Å². The fraction of sp³-hybridized carbons (Fsp3) is 0.150. The second-order valence-electron chi connectivity index (χ2n) is 5.93. The number of nitrogen functional groups attached to an aromatic ring is 1. The molecule has 0 spiro atoms. The number of fused-ring (bicyclic) bond motifs is 2. The first-order valence-electron chi connectivity index (χ1n) is 7.83. The molecule has 1 aliphatic rings. The van der Waals surface area contributed by atoms with Gasteiger partial charge in [-0.3, -0.25) is 4.79 Å². The highest BCUT2D eigenvalue weighted by Gasteiger charge is 2.21. The molecule has 0 bridgehead atoms. The summed E-state index contributed by atoms with van der Waals surface area (Å²) < 4.78 is 6.08. The van der Waals surface area contributed by atoms with Crippen LogP contribution in [0.15, 0.2) is 57.7 Å². The monoisotopic (exact) mass is 303 g/mol. The topological polar surface area (TPSA) is 56.2 Å². The Morgan fingerprint density at radius 2 is 1.87 bits per heavy atom. The molecule has 2 aromatic carbocycles. The van der Waals surface area contributed by atoms with Crippen LogP contribution in [0, 0.1) is 0 Å². The molecule has 114 valence electrons. The molecule has 1 aromatic heterocycles. The van der Waals surface area contributed by atoms with E-state index < -0.39 is 0 Å². The van der Waals surface area contributed by atoms with E-state index in [1.807, 2.05) is 18.2 Å². The van der Waals surface area contributed by atoms with Gasteiger partial charge in [0.2, 0.25) is 0 Å². The Labute approximate surface area is 134 Å². The van der Waals surface area contributed by atoms with Crippen molar-refractivity contribution in [3.63, 3.8) is 0 Å². The van der Waals surface area contributed by atoms with Crippen LogP contribution in [0.3, 0.4) is 0 Å². The fourth-order valence-electron chi connectivity index (χ4n) is 3.20. The predicted molar refractivity (Wildman–Crippen MR) is 94.1 cm³/mol. The van der Waals surface area contributed by atoms with Gasteiger partial charge in [0.1, 0.15) is 11.3 Å². The van der Waals surface area contributed by atoms with Crippen LogP contribution in [0.4, 0.5) is 5.69 Å². The van der Waals surface area contributed by atoms with Gasteiger partial charge in [0.15, 0.2) is 5.43 Å². The van der Waals surface area contributed by atoms with Crippen LogP contribution in [-0.4, -0.2) is 0 Å². The van der Waals surface area contributed by atoms with Gasteiger partial charge in [0.25, 0.3) is 0 Å². The maximum atomic E-state index is 12.8. The van der Waals surface area contributed by atoms with Crippen LogP contribution >= 0.6 is 0 Å². The molecule has 4 rings (SSSR count). The minimum absolute atomic E-state index is 0.0483. The number of benzene rings is 2. The molecule has 3 nitrogen and oxygen atoms in total. The molecule has 0 radical (unpaired) electrons. The lowest BCUT2D eigenvalue weighted by Crippen LogP contribution is -2.16. The quantitative estimate of drug-likeness (QED) is 0.684. The highest BCUT2D eigenvalue weighted by Crippen LogP contribution is 2.33. The minimum atomic E-state index is 0.0483. The molecule has 0 saturated heterocycles. The Kier molecular flexibility index (Phi) is 3.27. The van der Waals surface area contributed by atoms with Crippen molar-refractivity contribution in [2.24, 2.45) is 0 Å². The number of allylic oxidation sites excluding steroid dienone is 1. The van der Waals surface area contributed by atoms with Gasteiger partial charge in [-0.2, -0.15) is 0 Å². The summed E-state index contributed by atoms with van der Waals surface area (Å²) in [5, 5.41) is 0.574. The van der Waals surface area contributed by atoms with E-state index in [2.05, 4.69) is 18.2 Å².